The molecule has 0 atom stereocenters. The SMILES string of the molecule is CC(C)S(=O)(=O)NCCC1CCC1. The molecule has 3 nitrogen and oxygen atoms in total. The zero-order valence-corrected chi connectivity index (χ0v) is 9.23. The molecule has 0 spiro atoms. The van der Waals surface area contributed by atoms with Crippen LogP contribution in [0.1, 0.15) is 39.5 Å². The molecular formula is C9H19NO2S. The van der Waals surface area contributed by atoms with Crippen molar-refractivity contribution in [3.8, 4) is 0 Å². The zero-order chi connectivity index (χ0) is 9.90. The Kier molecular flexibility index (Phi) is 3.74. The van der Waals surface area contributed by atoms with E-state index < -0.39 is 10.0 Å². The van der Waals surface area contributed by atoms with Gasteiger partial charge in [-0.3, -0.25) is 0 Å². The van der Waals surface area contributed by atoms with Crippen LogP contribution in [0.15, 0.2) is 0 Å². The maximum absolute atomic E-state index is 11.3. The summed E-state index contributed by atoms with van der Waals surface area (Å²) in [7, 11) is -3.03. The van der Waals surface area contributed by atoms with Crippen LogP contribution in [0.25, 0.3) is 0 Å². The van der Waals surface area contributed by atoms with Gasteiger partial charge in [-0.05, 0) is 26.2 Å². The van der Waals surface area contributed by atoms with Crippen LogP contribution in [0.4, 0.5) is 0 Å². The van der Waals surface area contributed by atoms with Gasteiger partial charge in [0.1, 0.15) is 0 Å². The summed E-state index contributed by atoms with van der Waals surface area (Å²) in [6.45, 7) is 4.02. The van der Waals surface area contributed by atoms with E-state index in [1.54, 1.807) is 13.8 Å². The molecule has 0 aromatic carbocycles. The minimum absolute atomic E-state index is 0.311. The Morgan fingerprint density at radius 1 is 1.38 bits per heavy atom. The van der Waals surface area contributed by atoms with Gasteiger partial charge in [-0.2, -0.15) is 0 Å². The Morgan fingerprint density at radius 3 is 2.38 bits per heavy atom. The van der Waals surface area contributed by atoms with Crippen LogP contribution in [-0.4, -0.2) is 20.2 Å². The third kappa shape index (κ3) is 3.27. The van der Waals surface area contributed by atoms with Gasteiger partial charge in [-0.15, -0.1) is 0 Å². The first-order valence-electron chi connectivity index (χ1n) is 5.01. The average Bonchev–Trinajstić information content (AvgIpc) is 1.94. The summed E-state index contributed by atoms with van der Waals surface area (Å²) in [5, 5.41) is -0.311. The average molecular weight is 205 g/mol. The first kappa shape index (κ1) is 11.0. The second kappa shape index (κ2) is 4.42. The summed E-state index contributed by atoms with van der Waals surface area (Å²) < 4.78 is 25.2. The highest BCUT2D eigenvalue weighted by Gasteiger charge is 2.19. The molecule has 1 fully saturated rings. The number of hydrogen-bond donors (Lipinski definition) is 1. The summed E-state index contributed by atoms with van der Waals surface area (Å²) >= 11 is 0. The molecule has 78 valence electrons. The van der Waals surface area contributed by atoms with E-state index in [2.05, 4.69) is 4.72 Å². The van der Waals surface area contributed by atoms with E-state index in [0.29, 0.717) is 6.54 Å². The van der Waals surface area contributed by atoms with E-state index in [1.165, 1.54) is 19.3 Å². The van der Waals surface area contributed by atoms with Gasteiger partial charge < -0.3 is 0 Å². The molecule has 0 radical (unpaired) electrons. The van der Waals surface area contributed by atoms with Gasteiger partial charge in [0.15, 0.2) is 0 Å². The van der Waals surface area contributed by atoms with Gasteiger partial charge >= 0.3 is 0 Å². The molecule has 1 aliphatic carbocycles. The highest BCUT2D eigenvalue weighted by molar-refractivity contribution is 7.90. The Hall–Kier alpha value is -0.0900. The molecule has 0 aromatic heterocycles. The minimum Gasteiger partial charge on any atom is -0.215 e. The molecule has 0 saturated heterocycles. The smallest absolute Gasteiger partial charge is 0.213 e. The second-order valence-electron chi connectivity index (χ2n) is 4.07. The first-order chi connectivity index (χ1) is 6.02. The molecule has 1 aliphatic rings. The maximum atomic E-state index is 11.3. The molecule has 1 rings (SSSR count). The topological polar surface area (TPSA) is 46.2 Å². The minimum atomic E-state index is -3.03. The van der Waals surface area contributed by atoms with Crippen LogP contribution in [0.3, 0.4) is 0 Å². The molecule has 4 heteroatoms. The van der Waals surface area contributed by atoms with Crippen LogP contribution in [0.2, 0.25) is 0 Å². The second-order valence-corrected chi connectivity index (χ2v) is 6.40. The van der Waals surface area contributed by atoms with Crippen LogP contribution in [-0.2, 0) is 10.0 Å². The lowest BCUT2D eigenvalue weighted by Gasteiger charge is -2.25. The van der Waals surface area contributed by atoms with Crippen molar-refractivity contribution >= 4 is 10.0 Å². The van der Waals surface area contributed by atoms with Crippen LogP contribution in [0.5, 0.6) is 0 Å². The van der Waals surface area contributed by atoms with E-state index in [4.69, 9.17) is 0 Å². The normalized spacial score (nSPS) is 19.0. The fourth-order valence-corrected chi connectivity index (χ4v) is 2.09. The quantitative estimate of drug-likeness (QED) is 0.739. The van der Waals surface area contributed by atoms with Gasteiger partial charge in [0, 0.05) is 6.54 Å². The van der Waals surface area contributed by atoms with Crippen molar-refractivity contribution in [1.82, 2.24) is 4.72 Å². The summed E-state index contributed by atoms with van der Waals surface area (Å²) in [4.78, 5) is 0. The maximum Gasteiger partial charge on any atom is 0.213 e. The highest BCUT2D eigenvalue weighted by Crippen LogP contribution is 2.28. The Balaban J connectivity index is 2.17. The van der Waals surface area contributed by atoms with Gasteiger partial charge in [-0.25, -0.2) is 13.1 Å². The summed E-state index contributed by atoms with van der Waals surface area (Å²) in [5.74, 6) is 0.773. The lowest BCUT2D eigenvalue weighted by molar-refractivity contribution is 0.297. The predicted molar refractivity (Wildman–Crippen MR) is 54.0 cm³/mol. The largest absolute Gasteiger partial charge is 0.215 e. The summed E-state index contributed by atoms with van der Waals surface area (Å²) in [6.07, 6.45) is 4.89. The van der Waals surface area contributed by atoms with E-state index in [1.807, 2.05) is 0 Å². The van der Waals surface area contributed by atoms with Crippen molar-refractivity contribution in [3.05, 3.63) is 0 Å². The molecule has 0 amide bonds. The summed E-state index contributed by atoms with van der Waals surface area (Å²) in [6, 6.07) is 0. The number of hydrogen-bond acceptors (Lipinski definition) is 2. The van der Waals surface area contributed by atoms with Crippen molar-refractivity contribution in [3.63, 3.8) is 0 Å². The lowest BCUT2D eigenvalue weighted by atomic mass is 9.83. The highest BCUT2D eigenvalue weighted by atomic mass is 32.2. The Morgan fingerprint density at radius 2 is 2.00 bits per heavy atom. The van der Waals surface area contributed by atoms with Crippen LogP contribution < -0.4 is 4.72 Å². The third-order valence-corrected chi connectivity index (χ3v) is 4.55. The van der Waals surface area contributed by atoms with Gasteiger partial charge in [0.2, 0.25) is 10.0 Å². The number of rotatable bonds is 5. The number of nitrogens with one attached hydrogen (secondary N) is 1. The lowest BCUT2D eigenvalue weighted by Crippen LogP contribution is -2.32. The molecule has 0 heterocycles. The van der Waals surface area contributed by atoms with Crippen molar-refractivity contribution in [2.75, 3.05) is 6.54 Å². The van der Waals surface area contributed by atoms with Gasteiger partial charge in [0.05, 0.1) is 5.25 Å². The first-order valence-corrected chi connectivity index (χ1v) is 6.55. The molecular weight excluding hydrogens is 186 g/mol. The van der Waals surface area contributed by atoms with E-state index in [-0.39, 0.29) is 5.25 Å². The Labute approximate surface area is 81.0 Å². The molecule has 0 unspecified atom stereocenters. The van der Waals surface area contributed by atoms with Crippen molar-refractivity contribution in [2.24, 2.45) is 5.92 Å². The van der Waals surface area contributed by atoms with Gasteiger partial charge in [0.25, 0.3) is 0 Å². The Bertz CT molecular complexity index is 242. The van der Waals surface area contributed by atoms with Crippen molar-refractivity contribution < 1.29 is 8.42 Å². The fraction of sp³-hybridized carbons (Fsp3) is 1.00. The molecule has 1 N–H and O–H groups in total. The van der Waals surface area contributed by atoms with Crippen LogP contribution in [0, 0.1) is 5.92 Å². The molecule has 0 aromatic rings. The van der Waals surface area contributed by atoms with E-state index >= 15 is 0 Å². The molecule has 0 bridgehead atoms. The standard InChI is InChI=1S/C9H19NO2S/c1-8(2)13(11,12)10-7-6-9-4-3-5-9/h8-10H,3-7H2,1-2H3. The zero-order valence-electron chi connectivity index (χ0n) is 8.41. The van der Waals surface area contributed by atoms with Gasteiger partial charge in [-0.1, -0.05) is 19.3 Å². The van der Waals surface area contributed by atoms with Crippen molar-refractivity contribution in [1.29, 1.82) is 0 Å². The molecule has 13 heavy (non-hydrogen) atoms. The fourth-order valence-electron chi connectivity index (χ4n) is 1.35. The molecule has 1 saturated carbocycles. The van der Waals surface area contributed by atoms with E-state index in [9.17, 15) is 8.42 Å². The summed E-state index contributed by atoms with van der Waals surface area (Å²) in [5.41, 5.74) is 0. The van der Waals surface area contributed by atoms with Crippen LogP contribution >= 0.6 is 0 Å². The molecule has 0 aliphatic heterocycles. The number of sulfonamides is 1. The monoisotopic (exact) mass is 205 g/mol. The predicted octanol–water partition coefficient (Wildman–Crippen LogP) is 1.50. The van der Waals surface area contributed by atoms with Crippen molar-refractivity contribution in [2.45, 2.75) is 44.8 Å². The van der Waals surface area contributed by atoms with E-state index in [0.717, 1.165) is 12.3 Å². The third-order valence-electron chi connectivity index (χ3n) is 2.70.